The summed E-state index contributed by atoms with van der Waals surface area (Å²) in [4.78, 5) is 11.6. The Bertz CT molecular complexity index is 581. The Balaban J connectivity index is 2.21. The van der Waals surface area contributed by atoms with E-state index in [0.29, 0.717) is 17.0 Å². The molecule has 1 aliphatic carbocycles. The molecule has 0 aromatic heterocycles. The highest BCUT2D eigenvalue weighted by Crippen LogP contribution is 2.29. The maximum atomic E-state index is 11.7. The normalized spacial score (nSPS) is 15.4. The smallest absolute Gasteiger partial charge is 0.338 e. The molecule has 2 rings (SSSR count). The number of rotatable bonds is 4. The van der Waals surface area contributed by atoms with Crippen LogP contribution in [0, 0.1) is 5.92 Å². The van der Waals surface area contributed by atoms with Crippen LogP contribution in [0.5, 0.6) is 0 Å². The maximum Gasteiger partial charge on any atom is 0.338 e. The molecule has 18 heavy (non-hydrogen) atoms. The summed E-state index contributed by atoms with van der Waals surface area (Å²) in [6.45, 7) is 0.383. The molecule has 0 bridgehead atoms. The van der Waals surface area contributed by atoms with Gasteiger partial charge in [0.2, 0.25) is 0 Å². The molecule has 0 atom stereocenters. The molecule has 7 heteroatoms. The van der Waals surface area contributed by atoms with E-state index in [1.807, 2.05) is 0 Å². The number of esters is 1. The zero-order chi connectivity index (χ0) is 13.3. The van der Waals surface area contributed by atoms with Crippen molar-refractivity contribution in [1.82, 2.24) is 0 Å². The van der Waals surface area contributed by atoms with Gasteiger partial charge in [-0.25, -0.2) is 13.2 Å². The van der Waals surface area contributed by atoms with Gasteiger partial charge in [-0.2, -0.15) is 0 Å². The lowest BCUT2D eigenvalue weighted by Crippen LogP contribution is -2.08. The second-order valence-corrected chi connectivity index (χ2v) is 7.64. The minimum atomic E-state index is -3.87. The first kappa shape index (κ1) is 13.8. The first-order valence-electron chi connectivity index (χ1n) is 5.28. The number of hydrogen-bond acceptors (Lipinski definition) is 4. The third-order valence-electron chi connectivity index (χ3n) is 2.54. The molecular formula is C11H10BrClO4S. The van der Waals surface area contributed by atoms with Crippen molar-refractivity contribution >= 4 is 41.6 Å². The van der Waals surface area contributed by atoms with E-state index < -0.39 is 15.0 Å². The van der Waals surface area contributed by atoms with E-state index in [1.165, 1.54) is 18.2 Å². The Labute approximate surface area is 118 Å². The zero-order valence-electron chi connectivity index (χ0n) is 9.23. The monoisotopic (exact) mass is 352 g/mol. The second kappa shape index (κ2) is 5.19. The first-order valence-corrected chi connectivity index (χ1v) is 8.39. The standard InChI is InChI=1S/C11H10BrClO4S/c12-9-3-8(4-10(5-9)18(13,15)16)11(14)17-6-7-1-2-7/h3-5,7H,1-2,6H2. The van der Waals surface area contributed by atoms with Crippen molar-refractivity contribution in [2.45, 2.75) is 17.7 Å². The largest absolute Gasteiger partial charge is 0.462 e. The van der Waals surface area contributed by atoms with Gasteiger partial charge in [0.15, 0.2) is 0 Å². The van der Waals surface area contributed by atoms with Crippen LogP contribution in [0.1, 0.15) is 23.2 Å². The molecule has 1 aromatic rings. The molecular weight excluding hydrogens is 344 g/mol. The average Bonchev–Trinajstić information content (AvgIpc) is 3.07. The van der Waals surface area contributed by atoms with E-state index in [9.17, 15) is 13.2 Å². The van der Waals surface area contributed by atoms with E-state index in [0.717, 1.165) is 12.8 Å². The lowest BCUT2D eigenvalue weighted by Gasteiger charge is -2.05. The summed E-state index contributed by atoms with van der Waals surface area (Å²) in [6.07, 6.45) is 2.15. The van der Waals surface area contributed by atoms with E-state index >= 15 is 0 Å². The van der Waals surface area contributed by atoms with Crippen molar-refractivity contribution in [1.29, 1.82) is 0 Å². The van der Waals surface area contributed by atoms with Crippen LogP contribution in [0.15, 0.2) is 27.6 Å². The van der Waals surface area contributed by atoms with Gasteiger partial charge in [0.1, 0.15) is 0 Å². The molecule has 0 radical (unpaired) electrons. The fraction of sp³-hybridized carbons (Fsp3) is 0.364. The van der Waals surface area contributed by atoms with Crippen molar-refractivity contribution in [3.05, 3.63) is 28.2 Å². The van der Waals surface area contributed by atoms with Crippen LogP contribution in [-0.2, 0) is 13.8 Å². The lowest BCUT2D eigenvalue weighted by molar-refractivity contribution is 0.0485. The van der Waals surface area contributed by atoms with Crippen molar-refractivity contribution in [3.8, 4) is 0 Å². The topological polar surface area (TPSA) is 60.4 Å². The molecule has 0 heterocycles. The van der Waals surface area contributed by atoms with Crippen LogP contribution in [0.25, 0.3) is 0 Å². The predicted octanol–water partition coefficient (Wildman–Crippen LogP) is 2.94. The van der Waals surface area contributed by atoms with Crippen molar-refractivity contribution < 1.29 is 17.9 Å². The Morgan fingerprint density at radius 3 is 2.61 bits per heavy atom. The lowest BCUT2D eigenvalue weighted by atomic mass is 10.2. The number of carbonyl (C=O) groups is 1. The van der Waals surface area contributed by atoms with Gasteiger partial charge in [0, 0.05) is 15.2 Å². The summed E-state index contributed by atoms with van der Waals surface area (Å²) in [5.74, 6) is -0.0814. The van der Waals surface area contributed by atoms with Gasteiger partial charge >= 0.3 is 5.97 Å². The molecule has 1 aliphatic rings. The molecule has 1 fully saturated rings. The number of halogens is 2. The maximum absolute atomic E-state index is 11.7. The highest BCUT2D eigenvalue weighted by Gasteiger charge is 2.24. The molecule has 4 nitrogen and oxygen atoms in total. The molecule has 0 unspecified atom stereocenters. The number of carbonyl (C=O) groups excluding carboxylic acids is 1. The van der Waals surface area contributed by atoms with Gasteiger partial charge in [-0.3, -0.25) is 0 Å². The highest BCUT2D eigenvalue weighted by molar-refractivity contribution is 9.10. The Hall–Kier alpha value is -0.590. The summed E-state index contributed by atoms with van der Waals surface area (Å²) in [5.41, 5.74) is 0.171. The molecule has 98 valence electrons. The highest BCUT2D eigenvalue weighted by atomic mass is 79.9. The van der Waals surface area contributed by atoms with E-state index in [4.69, 9.17) is 15.4 Å². The Kier molecular flexibility index (Phi) is 3.99. The molecule has 0 spiro atoms. The van der Waals surface area contributed by atoms with Crippen LogP contribution in [0.3, 0.4) is 0 Å². The van der Waals surface area contributed by atoms with Gasteiger partial charge in [-0.1, -0.05) is 15.9 Å². The van der Waals surface area contributed by atoms with Gasteiger partial charge in [0.25, 0.3) is 9.05 Å². The van der Waals surface area contributed by atoms with Gasteiger partial charge in [-0.05, 0) is 37.0 Å². The molecule has 1 saturated carbocycles. The van der Waals surface area contributed by atoms with Gasteiger partial charge < -0.3 is 4.74 Å². The molecule has 0 amide bonds. The van der Waals surface area contributed by atoms with Crippen LogP contribution in [0.2, 0.25) is 0 Å². The third-order valence-corrected chi connectivity index (χ3v) is 4.33. The fourth-order valence-corrected chi connectivity index (χ4v) is 2.83. The number of ether oxygens (including phenoxy) is 1. The molecule has 0 N–H and O–H groups in total. The molecule has 0 saturated heterocycles. The van der Waals surface area contributed by atoms with Crippen LogP contribution in [-0.4, -0.2) is 21.0 Å². The second-order valence-electron chi connectivity index (χ2n) is 4.16. The van der Waals surface area contributed by atoms with E-state index in [1.54, 1.807) is 0 Å². The fourth-order valence-electron chi connectivity index (χ4n) is 1.38. The van der Waals surface area contributed by atoms with E-state index in [-0.39, 0.29) is 10.5 Å². The average molecular weight is 354 g/mol. The number of hydrogen-bond donors (Lipinski definition) is 0. The summed E-state index contributed by atoms with van der Waals surface area (Å²) in [7, 11) is 1.38. The van der Waals surface area contributed by atoms with Crippen molar-refractivity contribution in [2.75, 3.05) is 6.61 Å². The zero-order valence-corrected chi connectivity index (χ0v) is 12.4. The van der Waals surface area contributed by atoms with Gasteiger partial charge in [-0.15, -0.1) is 0 Å². The quantitative estimate of drug-likeness (QED) is 0.617. The van der Waals surface area contributed by atoms with Crippen LogP contribution in [0.4, 0.5) is 0 Å². The summed E-state index contributed by atoms with van der Waals surface area (Å²) in [5, 5.41) is 0. The SMILES string of the molecule is O=C(OCC1CC1)c1cc(Br)cc(S(=O)(=O)Cl)c1. The van der Waals surface area contributed by atoms with Crippen LogP contribution >= 0.6 is 26.6 Å². The first-order chi connectivity index (χ1) is 8.36. The minimum Gasteiger partial charge on any atom is -0.462 e. The third kappa shape index (κ3) is 3.70. The number of benzene rings is 1. The Morgan fingerprint density at radius 1 is 1.39 bits per heavy atom. The predicted molar refractivity (Wildman–Crippen MR) is 70.2 cm³/mol. The van der Waals surface area contributed by atoms with Crippen molar-refractivity contribution in [3.63, 3.8) is 0 Å². The summed E-state index contributed by atoms with van der Waals surface area (Å²) in [6, 6.07) is 4.04. The van der Waals surface area contributed by atoms with E-state index in [2.05, 4.69) is 15.9 Å². The van der Waals surface area contributed by atoms with Gasteiger partial charge in [0.05, 0.1) is 17.1 Å². The van der Waals surface area contributed by atoms with Crippen LogP contribution < -0.4 is 0 Å². The molecule has 0 aliphatic heterocycles. The minimum absolute atomic E-state index is 0.128. The summed E-state index contributed by atoms with van der Waals surface area (Å²) >= 11 is 3.14. The Morgan fingerprint density at radius 2 is 2.06 bits per heavy atom. The summed E-state index contributed by atoms with van der Waals surface area (Å²) < 4.78 is 28.0. The molecule has 1 aromatic carbocycles. The van der Waals surface area contributed by atoms with Crippen molar-refractivity contribution in [2.24, 2.45) is 5.92 Å².